The molecule has 130 valence electrons. The molecular formula is C22H18FNO2. The fourth-order valence-electron chi connectivity index (χ4n) is 2.83. The molecular weight excluding hydrogens is 329 g/mol. The number of H-pyrrole nitrogens is 1. The maximum absolute atomic E-state index is 15.0. The Morgan fingerprint density at radius 1 is 0.769 bits per heavy atom. The number of nitrogens with one attached hydrogen (secondary N) is 1. The van der Waals surface area contributed by atoms with Gasteiger partial charge in [-0.15, -0.1) is 0 Å². The van der Waals surface area contributed by atoms with Gasteiger partial charge in [-0.05, 0) is 23.3 Å². The molecule has 3 nitrogen and oxygen atoms in total. The smallest absolute Gasteiger partial charge is 0.199 e. The lowest BCUT2D eigenvalue weighted by Crippen LogP contribution is -2.03. The molecule has 0 amide bonds. The third kappa shape index (κ3) is 3.40. The predicted octanol–water partition coefficient (Wildman–Crippen LogP) is 5.47. The van der Waals surface area contributed by atoms with Gasteiger partial charge >= 0.3 is 0 Å². The minimum absolute atomic E-state index is 0.125. The van der Waals surface area contributed by atoms with E-state index in [1.807, 2.05) is 66.7 Å². The highest BCUT2D eigenvalue weighted by atomic mass is 19.1. The summed E-state index contributed by atoms with van der Waals surface area (Å²) in [4.78, 5) is 2.92. The first-order valence-electron chi connectivity index (χ1n) is 8.44. The highest BCUT2D eigenvalue weighted by molar-refractivity contribution is 5.84. The molecule has 0 aliphatic carbocycles. The van der Waals surface area contributed by atoms with E-state index in [2.05, 4.69) is 4.98 Å². The maximum atomic E-state index is 15.0. The van der Waals surface area contributed by atoms with E-state index in [0.29, 0.717) is 17.9 Å². The Morgan fingerprint density at radius 3 is 2.04 bits per heavy atom. The van der Waals surface area contributed by atoms with E-state index >= 15 is 0 Å². The van der Waals surface area contributed by atoms with Gasteiger partial charge in [-0.3, -0.25) is 0 Å². The first kappa shape index (κ1) is 16.2. The molecule has 4 aromatic rings. The van der Waals surface area contributed by atoms with E-state index in [1.54, 1.807) is 12.3 Å². The number of aromatic amines is 1. The van der Waals surface area contributed by atoms with E-state index in [0.717, 1.165) is 16.5 Å². The van der Waals surface area contributed by atoms with E-state index in [1.165, 1.54) is 0 Å². The van der Waals surface area contributed by atoms with Crippen LogP contribution in [0, 0.1) is 5.82 Å². The summed E-state index contributed by atoms with van der Waals surface area (Å²) in [7, 11) is 0. The normalized spacial score (nSPS) is 10.8. The van der Waals surface area contributed by atoms with Crippen LogP contribution in [0.5, 0.6) is 11.5 Å². The van der Waals surface area contributed by atoms with Crippen molar-refractivity contribution >= 4 is 10.9 Å². The Bertz CT molecular complexity index is 997. The lowest BCUT2D eigenvalue weighted by molar-refractivity contribution is 0.247. The number of hydrogen-bond acceptors (Lipinski definition) is 2. The van der Waals surface area contributed by atoms with Gasteiger partial charge in [0.2, 0.25) is 0 Å². The van der Waals surface area contributed by atoms with Crippen LogP contribution in [0.4, 0.5) is 4.39 Å². The average molecular weight is 347 g/mol. The molecule has 0 bridgehead atoms. The zero-order valence-electron chi connectivity index (χ0n) is 14.1. The first-order valence-corrected chi connectivity index (χ1v) is 8.44. The topological polar surface area (TPSA) is 34.2 Å². The third-order valence-electron chi connectivity index (χ3n) is 4.17. The number of fused-ring (bicyclic) bond motifs is 1. The molecule has 0 unspecified atom stereocenters. The maximum Gasteiger partial charge on any atom is 0.199 e. The van der Waals surface area contributed by atoms with Crippen LogP contribution in [-0.2, 0) is 13.2 Å². The summed E-state index contributed by atoms with van der Waals surface area (Å²) in [6.45, 7) is 0.615. The van der Waals surface area contributed by atoms with Crippen molar-refractivity contribution in [3.05, 3.63) is 95.9 Å². The van der Waals surface area contributed by atoms with Crippen molar-refractivity contribution < 1.29 is 13.9 Å². The number of rotatable bonds is 6. The van der Waals surface area contributed by atoms with Gasteiger partial charge in [0.05, 0.1) is 5.52 Å². The fourth-order valence-corrected chi connectivity index (χ4v) is 2.83. The average Bonchev–Trinajstić information content (AvgIpc) is 3.16. The Labute approximate surface area is 151 Å². The molecule has 0 atom stereocenters. The molecule has 0 saturated carbocycles. The molecule has 3 aromatic carbocycles. The van der Waals surface area contributed by atoms with Crippen molar-refractivity contribution in [1.29, 1.82) is 0 Å². The molecule has 0 radical (unpaired) electrons. The van der Waals surface area contributed by atoms with Crippen molar-refractivity contribution in [2.75, 3.05) is 0 Å². The first-order chi connectivity index (χ1) is 12.8. The highest BCUT2D eigenvalue weighted by Gasteiger charge is 2.17. The van der Waals surface area contributed by atoms with Crippen LogP contribution in [0.1, 0.15) is 11.1 Å². The van der Waals surface area contributed by atoms with Crippen LogP contribution in [0.15, 0.2) is 79.0 Å². The van der Waals surface area contributed by atoms with E-state index in [4.69, 9.17) is 9.47 Å². The molecule has 0 fully saturated rings. The Morgan fingerprint density at radius 2 is 1.38 bits per heavy atom. The number of halogens is 1. The second-order valence-corrected chi connectivity index (χ2v) is 6.01. The summed E-state index contributed by atoms with van der Waals surface area (Å²) in [6, 6.07) is 23.1. The largest absolute Gasteiger partial charge is 0.485 e. The quantitative estimate of drug-likeness (QED) is 0.502. The summed E-state index contributed by atoms with van der Waals surface area (Å²) in [6.07, 6.45) is 1.70. The lowest BCUT2D eigenvalue weighted by atomic mass is 10.2. The van der Waals surface area contributed by atoms with Crippen LogP contribution < -0.4 is 9.47 Å². The second kappa shape index (κ2) is 7.31. The predicted molar refractivity (Wildman–Crippen MR) is 99.8 cm³/mol. The van der Waals surface area contributed by atoms with Gasteiger partial charge in [-0.25, -0.2) is 4.39 Å². The summed E-state index contributed by atoms with van der Waals surface area (Å²) in [5.74, 6) is 0.0839. The summed E-state index contributed by atoms with van der Waals surface area (Å²) >= 11 is 0. The van der Waals surface area contributed by atoms with Crippen molar-refractivity contribution in [2.24, 2.45) is 0 Å². The molecule has 1 aromatic heterocycles. The lowest BCUT2D eigenvalue weighted by Gasteiger charge is -2.14. The molecule has 1 N–H and O–H groups in total. The van der Waals surface area contributed by atoms with Crippen LogP contribution in [0.3, 0.4) is 0 Å². The number of ether oxygens (including phenoxy) is 2. The highest BCUT2D eigenvalue weighted by Crippen LogP contribution is 2.37. The monoisotopic (exact) mass is 347 g/mol. The van der Waals surface area contributed by atoms with Crippen molar-refractivity contribution in [2.45, 2.75) is 13.2 Å². The minimum Gasteiger partial charge on any atom is -0.485 e. The van der Waals surface area contributed by atoms with Gasteiger partial charge in [0.1, 0.15) is 13.2 Å². The molecule has 0 aliphatic heterocycles. The van der Waals surface area contributed by atoms with Crippen LogP contribution in [-0.4, -0.2) is 4.98 Å². The third-order valence-corrected chi connectivity index (χ3v) is 4.17. The summed E-state index contributed by atoms with van der Waals surface area (Å²) in [5.41, 5.74) is 2.39. The Hall–Kier alpha value is -3.27. The van der Waals surface area contributed by atoms with E-state index in [-0.39, 0.29) is 12.4 Å². The molecule has 4 rings (SSSR count). The SMILES string of the molecule is Fc1c(OCc2ccccc2)c(OCc2ccccc2)cc2cc[nH]c12. The number of aromatic nitrogens is 1. The van der Waals surface area contributed by atoms with Gasteiger partial charge in [-0.1, -0.05) is 60.7 Å². The van der Waals surface area contributed by atoms with Crippen LogP contribution in [0.2, 0.25) is 0 Å². The molecule has 4 heteroatoms. The standard InChI is InChI=1S/C22H18FNO2/c23-20-21-18(11-12-24-21)13-19(25-14-16-7-3-1-4-8-16)22(20)26-15-17-9-5-2-6-10-17/h1-13,24H,14-15H2. The molecule has 1 heterocycles. The molecule has 0 aliphatic rings. The van der Waals surface area contributed by atoms with Gasteiger partial charge in [0, 0.05) is 11.6 Å². The zero-order valence-corrected chi connectivity index (χ0v) is 14.1. The zero-order chi connectivity index (χ0) is 17.8. The van der Waals surface area contributed by atoms with E-state index in [9.17, 15) is 4.39 Å². The van der Waals surface area contributed by atoms with Gasteiger partial charge < -0.3 is 14.5 Å². The molecule has 0 saturated heterocycles. The van der Waals surface area contributed by atoms with Gasteiger partial charge in [0.25, 0.3) is 0 Å². The Kier molecular flexibility index (Phi) is 4.56. The van der Waals surface area contributed by atoms with E-state index < -0.39 is 5.82 Å². The second-order valence-electron chi connectivity index (χ2n) is 6.01. The number of benzene rings is 3. The van der Waals surface area contributed by atoms with Crippen LogP contribution >= 0.6 is 0 Å². The molecule has 26 heavy (non-hydrogen) atoms. The number of hydrogen-bond donors (Lipinski definition) is 1. The van der Waals surface area contributed by atoms with Crippen LogP contribution in [0.25, 0.3) is 10.9 Å². The molecule has 0 spiro atoms. The summed E-state index contributed by atoms with van der Waals surface area (Å²) < 4.78 is 26.6. The van der Waals surface area contributed by atoms with Crippen molar-refractivity contribution in [3.63, 3.8) is 0 Å². The Balaban J connectivity index is 1.63. The fraction of sp³-hybridized carbons (Fsp3) is 0.0909. The van der Waals surface area contributed by atoms with Gasteiger partial charge in [-0.2, -0.15) is 0 Å². The summed E-state index contributed by atoms with van der Waals surface area (Å²) in [5, 5.41) is 0.748. The van der Waals surface area contributed by atoms with Gasteiger partial charge in [0.15, 0.2) is 17.3 Å². The van der Waals surface area contributed by atoms with Crippen molar-refractivity contribution in [1.82, 2.24) is 4.98 Å². The minimum atomic E-state index is -0.438. The van der Waals surface area contributed by atoms with Crippen molar-refractivity contribution in [3.8, 4) is 11.5 Å².